The van der Waals surface area contributed by atoms with Gasteiger partial charge in [-0.05, 0) is 37.2 Å². The number of rotatable bonds is 5. The first-order valence-electron chi connectivity index (χ1n) is 6.54. The van der Waals surface area contributed by atoms with Crippen LogP contribution in [0.5, 0.6) is 0 Å². The largest absolute Gasteiger partial charge is 0.388 e. The van der Waals surface area contributed by atoms with Crippen LogP contribution in [0.4, 0.5) is 0 Å². The lowest BCUT2D eigenvalue weighted by Gasteiger charge is -2.34. The van der Waals surface area contributed by atoms with Crippen LogP contribution in [0.3, 0.4) is 0 Å². The molecule has 17 heavy (non-hydrogen) atoms. The maximum Gasteiger partial charge on any atom is 0.147 e. The molecular formula is C14H26O3. The maximum atomic E-state index is 10.3. The second-order valence-corrected chi connectivity index (χ2v) is 5.67. The van der Waals surface area contributed by atoms with E-state index in [2.05, 4.69) is 6.08 Å². The van der Waals surface area contributed by atoms with Crippen molar-refractivity contribution in [1.29, 1.82) is 0 Å². The summed E-state index contributed by atoms with van der Waals surface area (Å²) < 4.78 is 10.9. The van der Waals surface area contributed by atoms with Gasteiger partial charge in [0.25, 0.3) is 0 Å². The van der Waals surface area contributed by atoms with Crippen LogP contribution in [0.2, 0.25) is 0 Å². The molecule has 0 bridgehead atoms. The molecule has 0 spiro atoms. The highest BCUT2D eigenvalue weighted by atomic mass is 16.7. The minimum absolute atomic E-state index is 0.0181. The van der Waals surface area contributed by atoms with Crippen molar-refractivity contribution in [2.45, 2.75) is 59.2 Å². The van der Waals surface area contributed by atoms with Crippen LogP contribution >= 0.6 is 0 Å². The number of aliphatic hydroxyl groups excluding tert-OH is 1. The topological polar surface area (TPSA) is 38.7 Å². The molecule has 0 heterocycles. The lowest BCUT2D eigenvalue weighted by molar-refractivity contribution is -0.0865. The first-order valence-corrected chi connectivity index (χ1v) is 6.54. The highest BCUT2D eigenvalue weighted by molar-refractivity contribution is 5.18. The zero-order valence-corrected chi connectivity index (χ0v) is 11.5. The molecule has 100 valence electrons. The van der Waals surface area contributed by atoms with Crippen LogP contribution < -0.4 is 0 Å². The van der Waals surface area contributed by atoms with Crippen LogP contribution in [0.15, 0.2) is 11.6 Å². The Labute approximate surface area is 105 Å². The number of hydrogen-bond acceptors (Lipinski definition) is 3. The Morgan fingerprint density at radius 1 is 1.47 bits per heavy atom. The first kappa shape index (κ1) is 14.7. The Balaban J connectivity index is 2.62. The number of aliphatic hydroxyl groups is 1. The van der Waals surface area contributed by atoms with Gasteiger partial charge in [-0.2, -0.15) is 0 Å². The van der Waals surface area contributed by atoms with Gasteiger partial charge >= 0.3 is 0 Å². The fraction of sp³-hybridized carbons (Fsp3) is 0.857. The molecule has 0 fully saturated rings. The van der Waals surface area contributed by atoms with Gasteiger partial charge in [-0.15, -0.1) is 0 Å². The SMILES string of the molecule is CCOCO[C@@H]1CCCC=C1[C@@H](O)C(C)(C)C. The highest BCUT2D eigenvalue weighted by Gasteiger charge is 2.31. The summed E-state index contributed by atoms with van der Waals surface area (Å²) in [6.07, 6.45) is 4.86. The average molecular weight is 242 g/mol. The van der Waals surface area contributed by atoms with Crippen molar-refractivity contribution in [1.82, 2.24) is 0 Å². The van der Waals surface area contributed by atoms with E-state index in [1.807, 2.05) is 27.7 Å². The van der Waals surface area contributed by atoms with Gasteiger partial charge in [-0.25, -0.2) is 0 Å². The Bertz CT molecular complexity index is 253. The molecule has 1 N–H and O–H groups in total. The highest BCUT2D eigenvalue weighted by Crippen LogP contribution is 2.32. The summed E-state index contributed by atoms with van der Waals surface area (Å²) in [6, 6.07) is 0. The van der Waals surface area contributed by atoms with Crippen molar-refractivity contribution in [3.8, 4) is 0 Å². The van der Waals surface area contributed by atoms with Gasteiger partial charge < -0.3 is 14.6 Å². The summed E-state index contributed by atoms with van der Waals surface area (Å²) >= 11 is 0. The molecule has 2 atom stereocenters. The monoisotopic (exact) mass is 242 g/mol. The third-order valence-corrected chi connectivity index (χ3v) is 3.11. The van der Waals surface area contributed by atoms with Crippen LogP contribution in [0.1, 0.15) is 47.0 Å². The Hall–Kier alpha value is -0.380. The van der Waals surface area contributed by atoms with Gasteiger partial charge in [0, 0.05) is 6.61 Å². The van der Waals surface area contributed by atoms with E-state index in [0.717, 1.165) is 24.8 Å². The van der Waals surface area contributed by atoms with Gasteiger partial charge in [-0.1, -0.05) is 26.8 Å². The predicted molar refractivity (Wildman–Crippen MR) is 68.8 cm³/mol. The van der Waals surface area contributed by atoms with Crippen molar-refractivity contribution < 1.29 is 14.6 Å². The standard InChI is InChI=1S/C14H26O3/c1-5-16-10-17-12-9-7-6-8-11(12)13(15)14(2,3)4/h8,12-13,15H,5-7,9-10H2,1-4H3/t12-,13-/m1/s1. The fourth-order valence-electron chi connectivity index (χ4n) is 2.05. The molecular weight excluding hydrogens is 216 g/mol. The molecule has 0 aromatic heterocycles. The molecule has 1 aliphatic carbocycles. The molecule has 3 heteroatoms. The third kappa shape index (κ3) is 4.41. The Morgan fingerprint density at radius 2 is 2.18 bits per heavy atom. The van der Waals surface area contributed by atoms with Crippen LogP contribution in [-0.2, 0) is 9.47 Å². The quantitative estimate of drug-likeness (QED) is 0.458. The van der Waals surface area contributed by atoms with Crippen molar-refractivity contribution >= 4 is 0 Å². The first-order chi connectivity index (χ1) is 7.96. The molecule has 0 unspecified atom stereocenters. The molecule has 0 aromatic carbocycles. The van der Waals surface area contributed by atoms with Gasteiger partial charge in [0.05, 0.1) is 12.2 Å². The molecule has 1 aliphatic rings. The summed E-state index contributed by atoms with van der Waals surface area (Å²) in [6.45, 7) is 9.07. The van der Waals surface area contributed by atoms with E-state index < -0.39 is 6.10 Å². The third-order valence-electron chi connectivity index (χ3n) is 3.11. The molecule has 0 aliphatic heterocycles. The number of allylic oxidation sites excluding steroid dienone is 1. The van der Waals surface area contributed by atoms with Crippen LogP contribution in [0.25, 0.3) is 0 Å². The van der Waals surface area contributed by atoms with Crippen molar-refractivity contribution in [2.24, 2.45) is 5.41 Å². The van der Waals surface area contributed by atoms with Crippen LogP contribution in [0, 0.1) is 5.41 Å². The molecule has 0 aromatic rings. The van der Waals surface area contributed by atoms with E-state index in [0.29, 0.717) is 13.4 Å². The van der Waals surface area contributed by atoms with E-state index in [-0.39, 0.29) is 11.5 Å². The van der Waals surface area contributed by atoms with Crippen LogP contribution in [-0.4, -0.2) is 30.7 Å². The van der Waals surface area contributed by atoms with Crippen molar-refractivity contribution in [3.63, 3.8) is 0 Å². The Morgan fingerprint density at radius 3 is 2.76 bits per heavy atom. The second-order valence-electron chi connectivity index (χ2n) is 5.67. The summed E-state index contributed by atoms with van der Waals surface area (Å²) in [7, 11) is 0. The Kier molecular flexibility index (Phi) is 5.63. The predicted octanol–water partition coefficient (Wildman–Crippen LogP) is 2.88. The van der Waals surface area contributed by atoms with Gasteiger partial charge in [0.1, 0.15) is 6.79 Å². The van der Waals surface area contributed by atoms with E-state index in [4.69, 9.17) is 9.47 Å². The summed E-state index contributed by atoms with van der Waals surface area (Å²) in [4.78, 5) is 0. The van der Waals surface area contributed by atoms with Gasteiger partial charge in [0.15, 0.2) is 0 Å². The van der Waals surface area contributed by atoms with E-state index in [1.165, 1.54) is 0 Å². The fourth-order valence-corrected chi connectivity index (χ4v) is 2.05. The molecule has 0 amide bonds. The molecule has 0 saturated carbocycles. The number of ether oxygens (including phenoxy) is 2. The normalized spacial score (nSPS) is 23.4. The average Bonchev–Trinajstić information content (AvgIpc) is 2.28. The summed E-state index contributed by atoms with van der Waals surface area (Å²) in [5.41, 5.74) is 0.889. The zero-order chi connectivity index (χ0) is 12.9. The lowest BCUT2D eigenvalue weighted by Crippen LogP contribution is -2.36. The molecule has 3 nitrogen and oxygen atoms in total. The second kappa shape index (κ2) is 6.53. The minimum atomic E-state index is -0.436. The zero-order valence-electron chi connectivity index (χ0n) is 11.5. The van der Waals surface area contributed by atoms with Crippen molar-refractivity contribution in [3.05, 3.63) is 11.6 Å². The van der Waals surface area contributed by atoms with Gasteiger partial charge in [0.2, 0.25) is 0 Å². The minimum Gasteiger partial charge on any atom is -0.388 e. The summed E-state index contributed by atoms with van der Waals surface area (Å²) in [5.74, 6) is 0. The van der Waals surface area contributed by atoms with Crippen molar-refractivity contribution in [2.75, 3.05) is 13.4 Å². The molecule has 1 rings (SSSR count). The van der Waals surface area contributed by atoms with Gasteiger partial charge in [-0.3, -0.25) is 0 Å². The van der Waals surface area contributed by atoms with E-state index >= 15 is 0 Å². The molecule has 0 radical (unpaired) electrons. The van der Waals surface area contributed by atoms with E-state index in [9.17, 15) is 5.11 Å². The lowest BCUT2D eigenvalue weighted by atomic mass is 9.79. The summed E-state index contributed by atoms with van der Waals surface area (Å²) in [5, 5.41) is 10.3. The molecule has 0 saturated heterocycles. The maximum absolute atomic E-state index is 10.3. The smallest absolute Gasteiger partial charge is 0.147 e. The van der Waals surface area contributed by atoms with E-state index in [1.54, 1.807) is 0 Å². The number of hydrogen-bond donors (Lipinski definition) is 1.